The molecule has 0 bridgehead atoms. The average Bonchev–Trinajstić information content (AvgIpc) is 1.97. The van der Waals surface area contributed by atoms with Crippen LogP contribution in [-0.2, 0) is 0 Å². The highest BCUT2D eigenvalue weighted by atomic mass is 28.3. The van der Waals surface area contributed by atoms with E-state index in [0.29, 0.717) is 0 Å². The number of hydrogen-bond donors (Lipinski definition) is 0. The zero-order chi connectivity index (χ0) is 8.69. The van der Waals surface area contributed by atoms with Gasteiger partial charge >= 0.3 is 0 Å². The Morgan fingerprint density at radius 1 is 1.45 bits per heavy atom. The first kappa shape index (κ1) is 10.7. The van der Waals surface area contributed by atoms with Crippen LogP contribution in [0.15, 0.2) is 23.9 Å². The van der Waals surface area contributed by atoms with Gasteiger partial charge in [-0.15, -0.1) is 0 Å². The van der Waals surface area contributed by atoms with Crippen LogP contribution >= 0.6 is 0 Å². The molecular weight excluding hydrogens is 148 g/mol. The van der Waals surface area contributed by atoms with E-state index in [9.17, 15) is 0 Å². The summed E-state index contributed by atoms with van der Waals surface area (Å²) in [6, 6.07) is 0. The molecule has 0 aromatic carbocycles. The van der Waals surface area contributed by atoms with Crippen LogP contribution in [0.4, 0.5) is 0 Å². The van der Waals surface area contributed by atoms with E-state index in [4.69, 9.17) is 0 Å². The second-order valence-corrected chi connectivity index (χ2v) is 5.58. The largest absolute Gasteiger partial charge is 0.0992 e. The number of rotatable bonds is 5. The first-order chi connectivity index (χ1) is 5.22. The van der Waals surface area contributed by atoms with Crippen LogP contribution in [0.1, 0.15) is 26.2 Å². The van der Waals surface area contributed by atoms with Gasteiger partial charge in [0.25, 0.3) is 0 Å². The summed E-state index contributed by atoms with van der Waals surface area (Å²) in [6.45, 7) is 10.7. The summed E-state index contributed by atoms with van der Waals surface area (Å²) in [5, 5.41) is 1.49. The molecule has 0 fully saturated rings. The summed E-state index contributed by atoms with van der Waals surface area (Å²) < 4.78 is 0. The minimum Gasteiger partial charge on any atom is -0.0992 e. The minimum atomic E-state index is -0.261. The molecule has 0 aliphatic heterocycles. The SMILES string of the molecule is C=CC(=CCCCC)[Si](C)C. The third kappa shape index (κ3) is 5.02. The summed E-state index contributed by atoms with van der Waals surface area (Å²) in [5.74, 6) is 0. The molecule has 1 radical (unpaired) electrons. The quantitative estimate of drug-likeness (QED) is 0.333. The van der Waals surface area contributed by atoms with E-state index in [1.165, 1.54) is 24.5 Å². The predicted octanol–water partition coefficient (Wildman–Crippen LogP) is 3.58. The Labute approximate surface area is 72.6 Å². The summed E-state index contributed by atoms with van der Waals surface area (Å²) in [4.78, 5) is 0. The van der Waals surface area contributed by atoms with Crippen molar-refractivity contribution in [1.82, 2.24) is 0 Å². The third-order valence-electron chi connectivity index (χ3n) is 1.72. The highest BCUT2D eigenvalue weighted by molar-refractivity contribution is 6.64. The Kier molecular flexibility index (Phi) is 6.23. The Morgan fingerprint density at radius 2 is 2.09 bits per heavy atom. The van der Waals surface area contributed by atoms with Gasteiger partial charge in [0.2, 0.25) is 0 Å². The Bertz CT molecular complexity index is 134. The van der Waals surface area contributed by atoms with Crippen LogP contribution in [0.25, 0.3) is 0 Å². The second kappa shape index (κ2) is 6.41. The van der Waals surface area contributed by atoms with Crippen molar-refractivity contribution < 1.29 is 0 Å². The molecule has 0 saturated carbocycles. The molecule has 63 valence electrons. The first-order valence-corrected chi connectivity index (χ1v) is 6.85. The van der Waals surface area contributed by atoms with Crippen LogP contribution in [-0.4, -0.2) is 8.80 Å². The van der Waals surface area contributed by atoms with Gasteiger partial charge in [0.15, 0.2) is 0 Å². The molecule has 11 heavy (non-hydrogen) atoms. The maximum Gasteiger partial charge on any atom is 0.0786 e. The molecule has 0 nitrogen and oxygen atoms in total. The van der Waals surface area contributed by atoms with Crippen molar-refractivity contribution in [2.75, 3.05) is 0 Å². The monoisotopic (exact) mass is 167 g/mol. The fourth-order valence-corrected chi connectivity index (χ4v) is 1.91. The Morgan fingerprint density at radius 3 is 2.45 bits per heavy atom. The standard InChI is InChI=1S/C10H19Si/c1-5-7-8-9-10(6-2)11(3)4/h6,9H,2,5,7-8H2,1,3-4H3. The van der Waals surface area contributed by atoms with E-state index in [0.717, 1.165) is 0 Å². The van der Waals surface area contributed by atoms with E-state index in [1.807, 2.05) is 6.08 Å². The number of hydrogen-bond acceptors (Lipinski definition) is 0. The van der Waals surface area contributed by atoms with Crippen molar-refractivity contribution >= 4 is 8.80 Å². The van der Waals surface area contributed by atoms with Crippen molar-refractivity contribution in [3.63, 3.8) is 0 Å². The lowest BCUT2D eigenvalue weighted by atomic mass is 10.2. The van der Waals surface area contributed by atoms with Gasteiger partial charge in [-0.3, -0.25) is 0 Å². The molecule has 0 unspecified atom stereocenters. The van der Waals surface area contributed by atoms with Crippen molar-refractivity contribution in [2.45, 2.75) is 39.3 Å². The van der Waals surface area contributed by atoms with Gasteiger partial charge in [0.05, 0.1) is 8.80 Å². The molecule has 0 atom stereocenters. The van der Waals surface area contributed by atoms with Crippen molar-refractivity contribution in [2.24, 2.45) is 0 Å². The number of allylic oxidation sites excluding steroid dienone is 3. The molecule has 0 spiro atoms. The van der Waals surface area contributed by atoms with Gasteiger partial charge in [-0.05, 0) is 6.42 Å². The molecule has 1 heteroatoms. The predicted molar refractivity (Wildman–Crippen MR) is 55.3 cm³/mol. The second-order valence-electron chi connectivity index (χ2n) is 3.01. The van der Waals surface area contributed by atoms with E-state index in [1.54, 1.807) is 0 Å². The van der Waals surface area contributed by atoms with Crippen molar-refractivity contribution in [3.8, 4) is 0 Å². The number of unbranched alkanes of at least 4 members (excludes halogenated alkanes) is 2. The lowest BCUT2D eigenvalue weighted by Gasteiger charge is -2.02. The smallest absolute Gasteiger partial charge is 0.0786 e. The van der Waals surface area contributed by atoms with Crippen LogP contribution in [0.2, 0.25) is 13.1 Å². The van der Waals surface area contributed by atoms with E-state index < -0.39 is 0 Å². The lowest BCUT2D eigenvalue weighted by Crippen LogP contribution is -2.02. The van der Waals surface area contributed by atoms with E-state index >= 15 is 0 Å². The molecule has 0 amide bonds. The normalized spacial score (nSPS) is 12.2. The molecule has 0 aliphatic carbocycles. The molecule has 0 aromatic heterocycles. The maximum absolute atomic E-state index is 3.82. The molecule has 0 aliphatic rings. The van der Waals surface area contributed by atoms with Crippen molar-refractivity contribution in [1.29, 1.82) is 0 Å². The fraction of sp³-hybridized carbons (Fsp3) is 0.600. The zero-order valence-electron chi connectivity index (χ0n) is 7.98. The maximum atomic E-state index is 3.82. The van der Waals surface area contributed by atoms with Crippen LogP contribution < -0.4 is 0 Å². The minimum absolute atomic E-state index is 0.261. The van der Waals surface area contributed by atoms with Crippen LogP contribution in [0, 0.1) is 0 Å². The van der Waals surface area contributed by atoms with E-state index in [-0.39, 0.29) is 8.80 Å². The van der Waals surface area contributed by atoms with Gasteiger partial charge in [0.1, 0.15) is 0 Å². The Balaban J connectivity index is 3.81. The summed E-state index contributed by atoms with van der Waals surface area (Å²) in [7, 11) is -0.261. The Hall–Kier alpha value is -0.303. The van der Waals surface area contributed by atoms with Crippen LogP contribution in [0.3, 0.4) is 0 Å². The summed E-state index contributed by atoms with van der Waals surface area (Å²) >= 11 is 0. The first-order valence-electron chi connectivity index (χ1n) is 4.35. The summed E-state index contributed by atoms with van der Waals surface area (Å²) in [5.41, 5.74) is 0. The zero-order valence-corrected chi connectivity index (χ0v) is 8.98. The molecular formula is C10H19Si. The molecule has 0 saturated heterocycles. The highest BCUT2D eigenvalue weighted by Gasteiger charge is 1.98. The topological polar surface area (TPSA) is 0 Å². The van der Waals surface area contributed by atoms with Gasteiger partial charge < -0.3 is 0 Å². The molecule has 0 rings (SSSR count). The molecule has 0 aromatic rings. The van der Waals surface area contributed by atoms with E-state index in [2.05, 4.69) is 32.7 Å². The highest BCUT2D eigenvalue weighted by Crippen LogP contribution is 2.05. The van der Waals surface area contributed by atoms with Crippen molar-refractivity contribution in [3.05, 3.63) is 23.9 Å². The lowest BCUT2D eigenvalue weighted by molar-refractivity contribution is 0.814. The van der Waals surface area contributed by atoms with Crippen LogP contribution in [0.5, 0.6) is 0 Å². The third-order valence-corrected chi connectivity index (χ3v) is 3.28. The fourth-order valence-electron chi connectivity index (χ4n) is 0.953. The van der Waals surface area contributed by atoms with Gasteiger partial charge in [0, 0.05) is 0 Å². The van der Waals surface area contributed by atoms with Gasteiger partial charge in [-0.1, -0.05) is 56.8 Å². The average molecular weight is 167 g/mol. The molecule has 0 N–H and O–H groups in total. The van der Waals surface area contributed by atoms with Gasteiger partial charge in [-0.25, -0.2) is 0 Å². The summed E-state index contributed by atoms with van der Waals surface area (Å²) in [6.07, 6.45) is 8.20. The molecule has 0 heterocycles. The van der Waals surface area contributed by atoms with Gasteiger partial charge in [-0.2, -0.15) is 0 Å².